The van der Waals surface area contributed by atoms with Crippen molar-refractivity contribution in [3.8, 4) is 0 Å². The molecule has 0 radical (unpaired) electrons. The molecule has 20 heavy (non-hydrogen) atoms. The van der Waals surface area contributed by atoms with Gasteiger partial charge in [-0.05, 0) is 19.1 Å². The number of amides is 2. The van der Waals surface area contributed by atoms with Crippen LogP contribution in [0.15, 0.2) is 12.1 Å². The van der Waals surface area contributed by atoms with Crippen molar-refractivity contribution in [2.45, 2.75) is 6.92 Å². The molecule has 110 valence electrons. The minimum Gasteiger partial charge on any atom is -0.398 e. The smallest absolute Gasteiger partial charge is 0.250 e. The van der Waals surface area contributed by atoms with E-state index in [0.717, 1.165) is 6.07 Å². The maximum Gasteiger partial charge on any atom is 0.250 e. The molecule has 1 aromatic carbocycles. The van der Waals surface area contributed by atoms with Gasteiger partial charge in [-0.25, -0.2) is 4.39 Å². The summed E-state index contributed by atoms with van der Waals surface area (Å²) in [7, 11) is 3.23. The lowest BCUT2D eigenvalue weighted by molar-refractivity contribution is -0.127. The molecule has 0 unspecified atom stereocenters. The predicted molar refractivity (Wildman–Crippen MR) is 75.9 cm³/mol. The molecular weight excluding hydrogens is 263 g/mol. The normalized spacial score (nSPS) is 10.2. The maximum atomic E-state index is 14.0. The van der Waals surface area contributed by atoms with Crippen LogP contribution in [0.1, 0.15) is 17.3 Å². The second-order valence-corrected chi connectivity index (χ2v) is 4.56. The largest absolute Gasteiger partial charge is 0.398 e. The first kappa shape index (κ1) is 15.7. The number of hydrogen-bond donors (Lipinski definition) is 2. The van der Waals surface area contributed by atoms with Crippen LogP contribution in [0.4, 0.5) is 15.8 Å². The first-order valence-electron chi connectivity index (χ1n) is 6.11. The van der Waals surface area contributed by atoms with E-state index in [0.29, 0.717) is 6.54 Å². The second-order valence-electron chi connectivity index (χ2n) is 4.56. The first-order valence-corrected chi connectivity index (χ1v) is 6.11. The molecule has 0 saturated heterocycles. The number of nitrogen functional groups attached to an aromatic ring is 1. The molecule has 0 heterocycles. The van der Waals surface area contributed by atoms with Crippen molar-refractivity contribution in [2.75, 3.05) is 37.8 Å². The van der Waals surface area contributed by atoms with Crippen molar-refractivity contribution in [3.05, 3.63) is 23.5 Å². The van der Waals surface area contributed by atoms with Crippen molar-refractivity contribution < 1.29 is 14.0 Å². The monoisotopic (exact) mass is 282 g/mol. The molecule has 4 N–H and O–H groups in total. The zero-order chi connectivity index (χ0) is 15.4. The Bertz CT molecular complexity index is 531. The predicted octanol–water partition coefficient (Wildman–Crippen LogP) is 0.421. The molecule has 1 aromatic rings. The van der Waals surface area contributed by atoms with Gasteiger partial charge in [0, 0.05) is 26.3 Å². The van der Waals surface area contributed by atoms with Crippen molar-refractivity contribution in [1.82, 2.24) is 4.90 Å². The van der Waals surface area contributed by atoms with Crippen LogP contribution < -0.4 is 16.4 Å². The van der Waals surface area contributed by atoms with E-state index >= 15 is 0 Å². The lowest BCUT2D eigenvalue weighted by Gasteiger charge is -2.25. The van der Waals surface area contributed by atoms with Gasteiger partial charge in [-0.2, -0.15) is 0 Å². The number of halogens is 1. The molecule has 2 amide bonds. The number of carbonyl (C=O) groups excluding carboxylic acids is 2. The number of hydrogen-bond acceptors (Lipinski definition) is 4. The van der Waals surface area contributed by atoms with Crippen LogP contribution >= 0.6 is 0 Å². The summed E-state index contributed by atoms with van der Waals surface area (Å²) in [4.78, 5) is 25.9. The van der Waals surface area contributed by atoms with E-state index in [9.17, 15) is 14.0 Å². The van der Waals surface area contributed by atoms with Gasteiger partial charge in [0.05, 0.1) is 17.8 Å². The lowest BCUT2D eigenvalue weighted by Crippen LogP contribution is -2.37. The molecular formula is C13H19FN4O2. The topological polar surface area (TPSA) is 92.7 Å². The summed E-state index contributed by atoms with van der Waals surface area (Å²) in [6.07, 6.45) is 0. The third-order valence-corrected chi connectivity index (χ3v) is 2.93. The number of primary amides is 1. The summed E-state index contributed by atoms with van der Waals surface area (Å²) in [5.74, 6) is -1.51. The van der Waals surface area contributed by atoms with Crippen LogP contribution in [-0.4, -0.2) is 43.9 Å². The number of benzene rings is 1. The van der Waals surface area contributed by atoms with Gasteiger partial charge in [0.15, 0.2) is 0 Å². The molecule has 0 fully saturated rings. The fourth-order valence-electron chi connectivity index (χ4n) is 1.70. The molecule has 7 heteroatoms. The Labute approximate surface area is 117 Å². The van der Waals surface area contributed by atoms with Gasteiger partial charge in [0.2, 0.25) is 5.91 Å². The van der Waals surface area contributed by atoms with E-state index in [4.69, 9.17) is 11.5 Å². The summed E-state index contributed by atoms with van der Waals surface area (Å²) in [5, 5.41) is 0. The van der Waals surface area contributed by atoms with Crippen LogP contribution in [0.2, 0.25) is 0 Å². The molecule has 0 atom stereocenters. The fourth-order valence-corrected chi connectivity index (χ4v) is 1.70. The minimum absolute atomic E-state index is 0.00252. The summed E-state index contributed by atoms with van der Waals surface area (Å²) in [6.45, 7) is 2.18. The zero-order valence-electron chi connectivity index (χ0n) is 11.8. The fraction of sp³-hybridized carbons (Fsp3) is 0.385. The Balaban J connectivity index is 3.18. The van der Waals surface area contributed by atoms with Crippen LogP contribution in [0.3, 0.4) is 0 Å². The lowest BCUT2D eigenvalue weighted by atomic mass is 10.1. The highest BCUT2D eigenvalue weighted by molar-refractivity contribution is 5.99. The number of nitrogens with zero attached hydrogens (tertiary/aromatic N) is 2. The number of rotatable bonds is 5. The molecule has 0 spiro atoms. The highest BCUT2D eigenvalue weighted by Gasteiger charge is 2.18. The summed E-state index contributed by atoms with van der Waals surface area (Å²) in [5.41, 5.74) is 10.9. The van der Waals surface area contributed by atoms with E-state index in [-0.39, 0.29) is 29.4 Å². The zero-order valence-corrected chi connectivity index (χ0v) is 11.8. The van der Waals surface area contributed by atoms with Gasteiger partial charge in [-0.15, -0.1) is 0 Å². The van der Waals surface area contributed by atoms with Gasteiger partial charge in [0.25, 0.3) is 5.91 Å². The Morgan fingerprint density at radius 2 is 1.90 bits per heavy atom. The van der Waals surface area contributed by atoms with E-state index < -0.39 is 11.7 Å². The Hall–Kier alpha value is -2.31. The first-order chi connectivity index (χ1) is 9.27. The van der Waals surface area contributed by atoms with Crippen LogP contribution in [0, 0.1) is 5.82 Å². The number of anilines is 2. The standard InChI is InChI=1S/C13H19FN4O2/c1-4-18(7-12(19)17(2)3)11-5-8(13(16)20)10(15)6-9(11)14/h5-6H,4,7,15H2,1-3H3,(H2,16,20). The average Bonchev–Trinajstić information content (AvgIpc) is 2.35. The second kappa shape index (κ2) is 6.23. The van der Waals surface area contributed by atoms with Gasteiger partial charge >= 0.3 is 0 Å². The van der Waals surface area contributed by atoms with Crippen molar-refractivity contribution in [2.24, 2.45) is 5.73 Å². The Morgan fingerprint density at radius 3 is 2.35 bits per heavy atom. The number of likely N-dealkylation sites (N-methyl/N-ethyl adjacent to an activating group) is 2. The summed E-state index contributed by atoms with van der Waals surface area (Å²) < 4.78 is 14.0. The van der Waals surface area contributed by atoms with Gasteiger partial charge < -0.3 is 21.3 Å². The van der Waals surface area contributed by atoms with E-state index in [1.165, 1.54) is 15.9 Å². The van der Waals surface area contributed by atoms with E-state index in [2.05, 4.69) is 0 Å². The van der Waals surface area contributed by atoms with Crippen LogP contribution in [0.25, 0.3) is 0 Å². The van der Waals surface area contributed by atoms with Gasteiger partial charge in [-0.1, -0.05) is 0 Å². The number of carbonyl (C=O) groups is 2. The maximum absolute atomic E-state index is 14.0. The SMILES string of the molecule is CCN(CC(=O)N(C)C)c1cc(C(N)=O)c(N)cc1F. The average molecular weight is 282 g/mol. The van der Waals surface area contributed by atoms with E-state index in [1.54, 1.807) is 21.0 Å². The number of nitrogens with two attached hydrogens (primary N) is 2. The molecule has 0 aliphatic carbocycles. The summed E-state index contributed by atoms with van der Waals surface area (Å²) >= 11 is 0. The molecule has 0 saturated carbocycles. The molecule has 6 nitrogen and oxygen atoms in total. The Kier molecular flexibility index (Phi) is 4.90. The highest BCUT2D eigenvalue weighted by Crippen LogP contribution is 2.25. The Morgan fingerprint density at radius 1 is 1.30 bits per heavy atom. The summed E-state index contributed by atoms with van der Waals surface area (Å²) in [6, 6.07) is 2.32. The molecule has 0 aromatic heterocycles. The van der Waals surface area contributed by atoms with Gasteiger partial charge in [0.1, 0.15) is 5.82 Å². The van der Waals surface area contributed by atoms with Crippen LogP contribution in [-0.2, 0) is 4.79 Å². The third kappa shape index (κ3) is 3.37. The molecule has 0 aliphatic heterocycles. The van der Waals surface area contributed by atoms with Crippen molar-refractivity contribution >= 4 is 23.2 Å². The van der Waals surface area contributed by atoms with Crippen molar-refractivity contribution in [1.29, 1.82) is 0 Å². The molecule has 1 rings (SSSR count). The molecule has 0 bridgehead atoms. The van der Waals surface area contributed by atoms with Gasteiger partial charge in [-0.3, -0.25) is 9.59 Å². The molecule has 0 aliphatic rings. The quantitative estimate of drug-likeness (QED) is 0.766. The highest BCUT2D eigenvalue weighted by atomic mass is 19.1. The van der Waals surface area contributed by atoms with Crippen LogP contribution in [0.5, 0.6) is 0 Å². The van der Waals surface area contributed by atoms with Crippen molar-refractivity contribution in [3.63, 3.8) is 0 Å². The minimum atomic E-state index is -0.737. The third-order valence-electron chi connectivity index (χ3n) is 2.93. The van der Waals surface area contributed by atoms with E-state index in [1.807, 2.05) is 0 Å².